The molecule has 0 spiro atoms. The van der Waals surface area contributed by atoms with Gasteiger partial charge in [-0.25, -0.2) is 8.42 Å². The van der Waals surface area contributed by atoms with Crippen LogP contribution in [-0.4, -0.2) is 31.8 Å². The van der Waals surface area contributed by atoms with Gasteiger partial charge in [-0.2, -0.15) is 0 Å². The summed E-state index contributed by atoms with van der Waals surface area (Å²) in [5.74, 6) is 0.762. The minimum atomic E-state index is -3.94. The summed E-state index contributed by atoms with van der Waals surface area (Å²) < 4.78 is 29.5. The van der Waals surface area contributed by atoms with E-state index in [9.17, 15) is 13.0 Å². The van der Waals surface area contributed by atoms with E-state index in [0.29, 0.717) is 6.42 Å². The highest BCUT2D eigenvalue weighted by Crippen LogP contribution is 2.02. The smallest absolute Gasteiger partial charge is 0.0945 e. The second kappa shape index (κ2) is 8.07. The van der Waals surface area contributed by atoms with Crippen molar-refractivity contribution in [2.45, 2.75) is 39.5 Å². The molecule has 0 radical (unpaired) electrons. The van der Waals surface area contributed by atoms with Crippen LogP contribution in [0.2, 0.25) is 0 Å². The van der Waals surface area contributed by atoms with Gasteiger partial charge in [-0.15, -0.1) is 0 Å². The maximum Gasteiger partial charge on any atom is 0.0945 e. The molecule has 5 heteroatoms. The van der Waals surface area contributed by atoms with Gasteiger partial charge in [0.05, 0.1) is 23.2 Å². The summed E-state index contributed by atoms with van der Waals surface area (Å²) in [7, 11) is -3.94. The fourth-order valence-corrected chi connectivity index (χ4v) is 2.09. The lowest BCUT2D eigenvalue weighted by molar-refractivity contribution is -0.668. The lowest BCUT2D eigenvalue weighted by Gasteiger charge is -2.14. The van der Waals surface area contributed by atoms with E-state index in [1.807, 2.05) is 6.92 Å². The van der Waals surface area contributed by atoms with Crippen molar-refractivity contribution in [2.75, 3.05) is 18.8 Å². The normalized spacial score (nSPS) is 21.7. The quantitative estimate of drug-likeness (QED) is 0.718. The first-order valence-corrected chi connectivity index (χ1v) is 7.28. The maximum atomic E-state index is 9.83. The molecule has 1 atom stereocenters. The molecular formula is C10H23NO3S. The summed E-state index contributed by atoms with van der Waals surface area (Å²) in [6, 6.07) is 0. The maximum absolute atomic E-state index is 9.83. The summed E-state index contributed by atoms with van der Waals surface area (Å²) in [4.78, 5) is 0. The molecule has 1 fully saturated rings. The molecule has 0 aromatic heterocycles. The van der Waals surface area contributed by atoms with Gasteiger partial charge in [0.25, 0.3) is 0 Å². The molecule has 1 saturated heterocycles. The minimum Gasteiger partial charge on any atom is -0.748 e. The number of piperidine rings is 1. The molecule has 0 aromatic rings. The predicted molar refractivity (Wildman–Crippen MR) is 59.5 cm³/mol. The van der Waals surface area contributed by atoms with Crippen molar-refractivity contribution in [3.05, 3.63) is 0 Å². The zero-order valence-corrected chi connectivity index (χ0v) is 10.6. The van der Waals surface area contributed by atoms with Crippen LogP contribution in [0, 0.1) is 5.92 Å². The lowest BCUT2D eigenvalue weighted by Crippen LogP contribution is -2.87. The van der Waals surface area contributed by atoms with E-state index >= 15 is 0 Å². The largest absolute Gasteiger partial charge is 0.748 e. The van der Waals surface area contributed by atoms with E-state index in [4.69, 9.17) is 0 Å². The van der Waals surface area contributed by atoms with E-state index in [-0.39, 0.29) is 5.75 Å². The molecule has 4 nitrogen and oxygen atoms in total. The second-order valence-electron chi connectivity index (χ2n) is 4.18. The number of hydrogen-bond acceptors (Lipinski definition) is 3. The number of nitrogens with two attached hydrogens (primary N) is 1. The summed E-state index contributed by atoms with van der Waals surface area (Å²) in [5.41, 5.74) is 0. The number of hydrogen-bond donors (Lipinski definition) is 1. The Labute approximate surface area is 93.2 Å². The van der Waals surface area contributed by atoms with Gasteiger partial charge in [-0.1, -0.05) is 20.3 Å². The third-order valence-electron chi connectivity index (χ3n) is 2.42. The fraction of sp³-hybridized carbons (Fsp3) is 1.00. The monoisotopic (exact) mass is 237 g/mol. The Balaban J connectivity index is 0.000000262. The number of quaternary nitrogens is 1. The standard InChI is InChI=1S/C6H13N.C4H10O3S/c1-6-3-2-4-7-5-6;1-2-3-4-8(5,6)7/h6-7H,2-5H2,1H3;2-4H2,1H3,(H,5,6,7). The van der Waals surface area contributed by atoms with Crippen molar-refractivity contribution in [2.24, 2.45) is 5.92 Å². The van der Waals surface area contributed by atoms with Gasteiger partial charge < -0.3 is 9.87 Å². The predicted octanol–water partition coefficient (Wildman–Crippen LogP) is 0.311. The minimum absolute atomic E-state index is 0.219. The fourth-order valence-electron chi connectivity index (χ4n) is 1.45. The van der Waals surface area contributed by atoms with Crippen molar-refractivity contribution in [1.29, 1.82) is 0 Å². The van der Waals surface area contributed by atoms with Gasteiger partial charge in [-0.3, -0.25) is 0 Å². The number of unbranched alkanes of at least 4 members (excludes halogenated alkanes) is 1. The first-order valence-electron chi connectivity index (χ1n) is 5.71. The zero-order valence-electron chi connectivity index (χ0n) is 9.74. The van der Waals surface area contributed by atoms with E-state index in [1.54, 1.807) is 0 Å². The molecular weight excluding hydrogens is 214 g/mol. The molecule has 1 aliphatic heterocycles. The third kappa shape index (κ3) is 11.8. The molecule has 0 amide bonds. The van der Waals surface area contributed by atoms with Crippen LogP contribution in [0.4, 0.5) is 0 Å². The average molecular weight is 237 g/mol. The first-order chi connectivity index (χ1) is 6.95. The van der Waals surface area contributed by atoms with Gasteiger partial charge in [0.1, 0.15) is 0 Å². The van der Waals surface area contributed by atoms with Crippen LogP contribution in [0.15, 0.2) is 0 Å². The van der Waals surface area contributed by atoms with Gasteiger partial charge >= 0.3 is 0 Å². The van der Waals surface area contributed by atoms with Gasteiger partial charge in [0, 0.05) is 11.7 Å². The van der Waals surface area contributed by atoms with E-state index in [1.165, 1.54) is 25.9 Å². The SMILES string of the molecule is CC1CCC[NH2+]C1.CCCCS(=O)(=O)[O-]. The second-order valence-corrected chi connectivity index (χ2v) is 5.70. The molecule has 92 valence electrons. The van der Waals surface area contributed by atoms with Crippen LogP contribution in [-0.2, 0) is 10.1 Å². The van der Waals surface area contributed by atoms with Crippen molar-refractivity contribution < 1.29 is 18.3 Å². The molecule has 1 unspecified atom stereocenters. The molecule has 1 aliphatic rings. The van der Waals surface area contributed by atoms with Crippen LogP contribution in [0.5, 0.6) is 0 Å². The third-order valence-corrected chi connectivity index (χ3v) is 3.21. The van der Waals surface area contributed by atoms with Crippen LogP contribution in [0.1, 0.15) is 39.5 Å². The first kappa shape index (κ1) is 14.9. The molecule has 0 aliphatic carbocycles. The summed E-state index contributed by atoms with van der Waals surface area (Å²) in [6.45, 7) is 6.89. The molecule has 1 rings (SSSR count). The molecule has 0 aromatic carbocycles. The van der Waals surface area contributed by atoms with Crippen LogP contribution < -0.4 is 5.32 Å². The average Bonchev–Trinajstić information content (AvgIpc) is 2.16. The van der Waals surface area contributed by atoms with Crippen LogP contribution in [0.3, 0.4) is 0 Å². The van der Waals surface area contributed by atoms with E-state index < -0.39 is 10.1 Å². The van der Waals surface area contributed by atoms with Gasteiger partial charge in [0.15, 0.2) is 0 Å². The van der Waals surface area contributed by atoms with Crippen molar-refractivity contribution >= 4 is 10.1 Å². The Bertz CT molecular complexity index is 233. The van der Waals surface area contributed by atoms with Gasteiger partial charge in [0.2, 0.25) is 0 Å². The summed E-state index contributed by atoms with van der Waals surface area (Å²) in [6.07, 6.45) is 4.12. The van der Waals surface area contributed by atoms with Crippen molar-refractivity contribution in [3.8, 4) is 0 Å². The highest BCUT2D eigenvalue weighted by Gasteiger charge is 2.08. The lowest BCUT2D eigenvalue weighted by atomic mass is 10.0. The van der Waals surface area contributed by atoms with Crippen LogP contribution in [0.25, 0.3) is 0 Å². The highest BCUT2D eigenvalue weighted by atomic mass is 32.2. The summed E-state index contributed by atoms with van der Waals surface area (Å²) in [5, 5.41) is 2.41. The molecule has 1 heterocycles. The Morgan fingerprint density at radius 2 is 2.13 bits per heavy atom. The van der Waals surface area contributed by atoms with Crippen LogP contribution >= 0.6 is 0 Å². The molecule has 15 heavy (non-hydrogen) atoms. The Kier molecular flexibility index (Phi) is 8.00. The zero-order chi connectivity index (χ0) is 11.7. The summed E-state index contributed by atoms with van der Waals surface area (Å²) >= 11 is 0. The van der Waals surface area contributed by atoms with E-state index in [0.717, 1.165) is 12.3 Å². The molecule has 2 N–H and O–H groups in total. The number of rotatable bonds is 3. The molecule has 0 bridgehead atoms. The Hall–Kier alpha value is -0.130. The Morgan fingerprint density at radius 3 is 2.33 bits per heavy atom. The Morgan fingerprint density at radius 1 is 1.47 bits per heavy atom. The van der Waals surface area contributed by atoms with Gasteiger partial charge in [-0.05, 0) is 19.3 Å². The van der Waals surface area contributed by atoms with E-state index in [2.05, 4.69) is 12.2 Å². The topological polar surface area (TPSA) is 73.8 Å². The van der Waals surface area contributed by atoms with Crippen molar-refractivity contribution in [1.82, 2.24) is 0 Å². The highest BCUT2D eigenvalue weighted by molar-refractivity contribution is 7.85. The van der Waals surface area contributed by atoms with Crippen molar-refractivity contribution in [3.63, 3.8) is 0 Å². The molecule has 0 saturated carbocycles.